The molecule has 1 aliphatic rings. The fourth-order valence-corrected chi connectivity index (χ4v) is 4.25. The molecule has 7 heteroatoms. The number of hydrogen-bond donors (Lipinski definition) is 0. The molecular weight excluding hydrogens is 360 g/mol. The lowest BCUT2D eigenvalue weighted by Crippen LogP contribution is -2.50. The molecule has 1 aromatic carbocycles. The van der Waals surface area contributed by atoms with Gasteiger partial charge < -0.3 is 9.80 Å². The number of rotatable bonds is 3. The summed E-state index contributed by atoms with van der Waals surface area (Å²) in [7, 11) is 0. The molecular formula is C20H22N4O2S. The van der Waals surface area contributed by atoms with Crippen LogP contribution in [0.2, 0.25) is 0 Å². The van der Waals surface area contributed by atoms with E-state index in [4.69, 9.17) is 0 Å². The third-order valence-electron chi connectivity index (χ3n) is 5.31. The Labute approximate surface area is 161 Å². The van der Waals surface area contributed by atoms with E-state index < -0.39 is 0 Å². The van der Waals surface area contributed by atoms with Gasteiger partial charge in [-0.05, 0) is 42.5 Å². The van der Waals surface area contributed by atoms with Crippen LogP contribution in [0.4, 0.5) is 5.69 Å². The SMILES string of the molecule is Cc1cccc(N2CCN(C(=O)Cn3cnc4sccc4c3=O)CC2)c1C. The van der Waals surface area contributed by atoms with Crippen LogP contribution in [-0.4, -0.2) is 46.5 Å². The van der Waals surface area contributed by atoms with Crippen LogP contribution < -0.4 is 10.5 Å². The molecule has 1 saturated heterocycles. The predicted octanol–water partition coefficient (Wildman–Crippen LogP) is 2.42. The molecule has 6 nitrogen and oxygen atoms in total. The topological polar surface area (TPSA) is 58.4 Å². The van der Waals surface area contributed by atoms with E-state index in [2.05, 4.69) is 41.9 Å². The maximum Gasteiger partial charge on any atom is 0.262 e. The summed E-state index contributed by atoms with van der Waals surface area (Å²) < 4.78 is 1.41. The van der Waals surface area contributed by atoms with Gasteiger partial charge in [-0.25, -0.2) is 4.98 Å². The minimum absolute atomic E-state index is 0.0332. The highest BCUT2D eigenvalue weighted by molar-refractivity contribution is 7.16. The summed E-state index contributed by atoms with van der Waals surface area (Å²) in [5.74, 6) is -0.0332. The Hall–Kier alpha value is -2.67. The van der Waals surface area contributed by atoms with Gasteiger partial charge in [-0.3, -0.25) is 14.2 Å². The molecule has 0 saturated carbocycles. The van der Waals surface area contributed by atoms with E-state index in [0.717, 1.165) is 13.1 Å². The highest BCUT2D eigenvalue weighted by Crippen LogP contribution is 2.24. The van der Waals surface area contributed by atoms with Crippen molar-refractivity contribution in [2.75, 3.05) is 31.1 Å². The fraction of sp³-hybridized carbons (Fsp3) is 0.350. The molecule has 4 rings (SSSR count). The molecule has 0 spiro atoms. The third kappa shape index (κ3) is 3.35. The molecule has 0 aliphatic carbocycles. The Kier molecular flexibility index (Phi) is 4.70. The molecule has 27 heavy (non-hydrogen) atoms. The predicted molar refractivity (Wildman–Crippen MR) is 109 cm³/mol. The summed E-state index contributed by atoms with van der Waals surface area (Å²) in [5.41, 5.74) is 3.66. The van der Waals surface area contributed by atoms with E-state index >= 15 is 0 Å². The lowest BCUT2D eigenvalue weighted by Gasteiger charge is -2.37. The second-order valence-corrected chi connectivity index (χ2v) is 7.80. The minimum atomic E-state index is -0.149. The summed E-state index contributed by atoms with van der Waals surface area (Å²) in [6.07, 6.45) is 1.48. The van der Waals surface area contributed by atoms with E-state index in [9.17, 15) is 9.59 Å². The van der Waals surface area contributed by atoms with Crippen LogP contribution in [0.15, 0.2) is 40.8 Å². The van der Waals surface area contributed by atoms with Crippen molar-refractivity contribution in [3.8, 4) is 0 Å². The van der Waals surface area contributed by atoms with E-state index in [0.29, 0.717) is 23.3 Å². The van der Waals surface area contributed by atoms with Crippen molar-refractivity contribution in [2.24, 2.45) is 0 Å². The maximum absolute atomic E-state index is 12.7. The van der Waals surface area contributed by atoms with Gasteiger partial charge in [-0.2, -0.15) is 0 Å². The number of carbonyl (C=O) groups is 1. The Morgan fingerprint density at radius 2 is 1.93 bits per heavy atom. The molecule has 1 fully saturated rings. The Bertz CT molecular complexity index is 1050. The molecule has 2 aromatic heterocycles. The number of nitrogens with zero attached hydrogens (tertiary/aromatic N) is 4. The molecule has 0 N–H and O–H groups in total. The number of aromatic nitrogens is 2. The van der Waals surface area contributed by atoms with E-state index in [1.807, 2.05) is 10.3 Å². The second-order valence-electron chi connectivity index (χ2n) is 6.90. The Morgan fingerprint density at radius 1 is 1.15 bits per heavy atom. The zero-order valence-electron chi connectivity index (χ0n) is 15.5. The number of amides is 1. The zero-order valence-corrected chi connectivity index (χ0v) is 16.3. The first-order chi connectivity index (χ1) is 13.0. The number of aryl methyl sites for hydroxylation is 1. The number of thiophene rings is 1. The van der Waals surface area contributed by atoms with Crippen LogP contribution >= 0.6 is 11.3 Å². The van der Waals surface area contributed by atoms with Crippen LogP contribution in [0, 0.1) is 13.8 Å². The fourth-order valence-electron chi connectivity index (χ4n) is 3.53. The number of piperazine rings is 1. The molecule has 1 amide bonds. The van der Waals surface area contributed by atoms with Gasteiger partial charge in [-0.15, -0.1) is 11.3 Å². The number of benzene rings is 1. The van der Waals surface area contributed by atoms with Gasteiger partial charge in [0.05, 0.1) is 11.7 Å². The summed E-state index contributed by atoms with van der Waals surface area (Å²) in [6.45, 7) is 7.22. The van der Waals surface area contributed by atoms with E-state index in [1.54, 1.807) is 6.07 Å². The smallest absolute Gasteiger partial charge is 0.262 e. The lowest BCUT2D eigenvalue weighted by molar-refractivity contribution is -0.132. The van der Waals surface area contributed by atoms with Crippen molar-refractivity contribution >= 4 is 33.1 Å². The van der Waals surface area contributed by atoms with Gasteiger partial charge >= 0.3 is 0 Å². The molecule has 0 bridgehead atoms. The van der Waals surface area contributed by atoms with Crippen LogP contribution in [0.25, 0.3) is 10.2 Å². The van der Waals surface area contributed by atoms with Crippen LogP contribution in [0.3, 0.4) is 0 Å². The first-order valence-corrected chi connectivity index (χ1v) is 9.94. The van der Waals surface area contributed by atoms with Gasteiger partial charge in [0.2, 0.25) is 5.91 Å². The zero-order chi connectivity index (χ0) is 19.0. The maximum atomic E-state index is 12.7. The summed E-state index contributed by atoms with van der Waals surface area (Å²) in [6, 6.07) is 8.10. The standard InChI is InChI=1S/C20H22N4O2S/c1-14-4-3-5-17(15(14)2)22-7-9-23(10-8-22)18(25)12-24-13-21-19-16(20(24)26)6-11-27-19/h3-6,11,13H,7-10,12H2,1-2H3. The highest BCUT2D eigenvalue weighted by Gasteiger charge is 2.23. The normalized spacial score (nSPS) is 14.7. The first kappa shape index (κ1) is 17.7. The molecule has 3 heterocycles. The van der Waals surface area contributed by atoms with Gasteiger partial charge in [-0.1, -0.05) is 12.1 Å². The average molecular weight is 382 g/mol. The number of carbonyl (C=O) groups excluding carboxylic acids is 1. The molecule has 0 atom stereocenters. The third-order valence-corrected chi connectivity index (χ3v) is 6.13. The first-order valence-electron chi connectivity index (χ1n) is 9.06. The second kappa shape index (κ2) is 7.15. The van der Waals surface area contributed by atoms with Gasteiger partial charge in [0, 0.05) is 31.9 Å². The molecule has 0 unspecified atom stereocenters. The van der Waals surface area contributed by atoms with Gasteiger partial charge in [0.1, 0.15) is 11.4 Å². The van der Waals surface area contributed by atoms with Crippen molar-refractivity contribution in [3.05, 3.63) is 57.5 Å². The Balaban J connectivity index is 1.43. The molecule has 140 valence electrons. The monoisotopic (exact) mass is 382 g/mol. The van der Waals surface area contributed by atoms with Crippen molar-refractivity contribution < 1.29 is 4.79 Å². The van der Waals surface area contributed by atoms with Crippen LogP contribution in [0.5, 0.6) is 0 Å². The quantitative estimate of drug-likeness (QED) is 0.698. The van der Waals surface area contributed by atoms with E-state index in [1.165, 1.54) is 39.0 Å². The number of hydrogen-bond acceptors (Lipinski definition) is 5. The van der Waals surface area contributed by atoms with E-state index in [-0.39, 0.29) is 18.0 Å². The Morgan fingerprint density at radius 3 is 2.70 bits per heavy atom. The summed E-state index contributed by atoms with van der Waals surface area (Å²) in [5, 5.41) is 2.42. The molecule has 0 radical (unpaired) electrons. The van der Waals surface area contributed by atoms with Crippen molar-refractivity contribution in [2.45, 2.75) is 20.4 Å². The minimum Gasteiger partial charge on any atom is -0.368 e. The van der Waals surface area contributed by atoms with Crippen molar-refractivity contribution in [3.63, 3.8) is 0 Å². The average Bonchev–Trinajstić information content (AvgIpc) is 3.16. The molecule has 3 aromatic rings. The largest absolute Gasteiger partial charge is 0.368 e. The van der Waals surface area contributed by atoms with Crippen LogP contribution in [0.1, 0.15) is 11.1 Å². The van der Waals surface area contributed by atoms with Crippen molar-refractivity contribution in [1.29, 1.82) is 0 Å². The number of fused-ring (bicyclic) bond motifs is 1. The van der Waals surface area contributed by atoms with Crippen molar-refractivity contribution in [1.82, 2.24) is 14.5 Å². The number of anilines is 1. The highest BCUT2D eigenvalue weighted by atomic mass is 32.1. The lowest BCUT2D eigenvalue weighted by atomic mass is 10.1. The molecule has 1 aliphatic heterocycles. The van der Waals surface area contributed by atoms with Crippen LogP contribution in [-0.2, 0) is 11.3 Å². The van der Waals surface area contributed by atoms with Gasteiger partial charge in [0.25, 0.3) is 5.56 Å². The summed E-state index contributed by atoms with van der Waals surface area (Å²) >= 11 is 1.43. The summed E-state index contributed by atoms with van der Waals surface area (Å²) in [4.78, 5) is 34.3. The van der Waals surface area contributed by atoms with Gasteiger partial charge in [0.15, 0.2) is 0 Å².